The molecule has 0 saturated heterocycles. The molecule has 0 bridgehead atoms. The Morgan fingerprint density at radius 1 is 1.05 bits per heavy atom. The van der Waals surface area contributed by atoms with Crippen molar-refractivity contribution in [1.82, 2.24) is 9.97 Å². The van der Waals surface area contributed by atoms with Gasteiger partial charge in [0.25, 0.3) is 0 Å². The maximum atomic E-state index is 11.8. The summed E-state index contributed by atoms with van der Waals surface area (Å²) in [4.78, 5) is 20.1. The molecule has 0 spiro atoms. The number of nitrogens with zero attached hydrogens (tertiary/aromatic N) is 2. The van der Waals surface area contributed by atoms with Gasteiger partial charge in [0, 0.05) is 18.0 Å². The second-order valence-electron chi connectivity index (χ2n) is 4.22. The fraction of sp³-hybridized carbons (Fsp3) is 0. The summed E-state index contributed by atoms with van der Waals surface area (Å²) in [6, 6.07) is 10.9. The van der Waals surface area contributed by atoms with Crippen molar-refractivity contribution >= 4 is 28.1 Å². The lowest BCUT2D eigenvalue weighted by atomic mass is 10.2. The Kier molecular flexibility index (Phi) is 3.88. The quantitative estimate of drug-likeness (QED) is 0.771. The number of amides is 2. The molecule has 0 aliphatic heterocycles. The van der Waals surface area contributed by atoms with Gasteiger partial charge < -0.3 is 5.32 Å². The van der Waals surface area contributed by atoms with Gasteiger partial charge in [-0.2, -0.15) is 0 Å². The number of pyridine rings is 2. The summed E-state index contributed by atoms with van der Waals surface area (Å²) in [7, 11) is 0. The van der Waals surface area contributed by atoms with Gasteiger partial charge in [0.1, 0.15) is 0 Å². The SMILES string of the molecule is O=C(Nc1ccc(-c2ccncc2)nc1)Nc1cccs1. The first kappa shape index (κ1) is 13.3. The van der Waals surface area contributed by atoms with E-state index in [4.69, 9.17) is 0 Å². The highest BCUT2D eigenvalue weighted by molar-refractivity contribution is 7.14. The number of carbonyl (C=O) groups is 1. The van der Waals surface area contributed by atoms with Crippen LogP contribution in [0.5, 0.6) is 0 Å². The Bertz CT molecular complexity index is 711. The highest BCUT2D eigenvalue weighted by Gasteiger charge is 2.04. The minimum atomic E-state index is -0.282. The molecule has 21 heavy (non-hydrogen) atoms. The normalized spacial score (nSPS) is 10.1. The van der Waals surface area contributed by atoms with Crippen LogP contribution in [0.1, 0.15) is 0 Å². The predicted molar refractivity (Wildman–Crippen MR) is 84.4 cm³/mol. The molecule has 2 amide bonds. The number of carbonyl (C=O) groups excluding carboxylic acids is 1. The summed E-state index contributed by atoms with van der Waals surface area (Å²) in [6.07, 6.45) is 5.07. The molecule has 2 N–H and O–H groups in total. The molecule has 0 radical (unpaired) electrons. The van der Waals surface area contributed by atoms with Crippen molar-refractivity contribution in [3.05, 3.63) is 60.4 Å². The molecule has 3 aromatic rings. The maximum Gasteiger partial charge on any atom is 0.324 e. The lowest BCUT2D eigenvalue weighted by Gasteiger charge is -2.06. The van der Waals surface area contributed by atoms with Crippen LogP contribution in [0.3, 0.4) is 0 Å². The van der Waals surface area contributed by atoms with Gasteiger partial charge in [-0.05, 0) is 41.8 Å². The zero-order valence-corrected chi connectivity index (χ0v) is 11.8. The van der Waals surface area contributed by atoms with Crippen molar-refractivity contribution in [2.45, 2.75) is 0 Å². The topological polar surface area (TPSA) is 66.9 Å². The van der Waals surface area contributed by atoms with Gasteiger partial charge in [-0.25, -0.2) is 4.79 Å². The average molecular weight is 296 g/mol. The first-order valence-electron chi connectivity index (χ1n) is 6.29. The Morgan fingerprint density at radius 2 is 1.90 bits per heavy atom. The minimum Gasteiger partial charge on any atom is -0.306 e. The van der Waals surface area contributed by atoms with Gasteiger partial charge in [-0.15, -0.1) is 11.3 Å². The van der Waals surface area contributed by atoms with Crippen molar-refractivity contribution in [2.75, 3.05) is 10.6 Å². The van der Waals surface area contributed by atoms with Gasteiger partial charge in [0.2, 0.25) is 0 Å². The van der Waals surface area contributed by atoms with Crippen LogP contribution < -0.4 is 10.6 Å². The Labute approximate surface area is 125 Å². The first-order valence-corrected chi connectivity index (χ1v) is 7.17. The molecule has 0 saturated carbocycles. The smallest absolute Gasteiger partial charge is 0.306 e. The van der Waals surface area contributed by atoms with E-state index < -0.39 is 0 Å². The van der Waals surface area contributed by atoms with Crippen molar-refractivity contribution in [3.8, 4) is 11.3 Å². The van der Waals surface area contributed by atoms with Gasteiger partial charge >= 0.3 is 6.03 Å². The molecular formula is C15H12N4OS. The van der Waals surface area contributed by atoms with Crippen LogP contribution >= 0.6 is 11.3 Å². The van der Waals surface area contributed by atoms with E-state index in [9.17, 15) is 4.79 Å². The standard InChI is InChI=1S/C15H12N4OS/c20-15(19-14-2-1-9-21-14)18-12-3-4-13(17-10-12)11-5-7-16-8-6-11/h1-10H,(H2,18,19,20). The maximum absolute atomic E-state index is 11.8. The van der Waals surface area contributed by atoms with Gasteiger partial charge in [-0.3, -0.25) is 15.3 Å². The molecule has 0 aromatic carbocycles. The summed E-state index contributed by atoms with van der Waals surface area (Å²) < 4.78 is 0. The number of anilines is 2. The largest absolute Gasteiger partial charge is 0.324 e. The van der Waals surface area contributed by atoms with Crippen molar-refractivity contribution in [1.29, 1.82) is 0 Å². The molecule has 5 nitrogen and oxygen atoms in total. The van der Waals surface area contributed by atoms with E-state index in [2.05, 4.69) is 20.6 Å². The summed E-state index contributed by atoms with van der Waals surface area (Å²) >= 11 is 1.47. The number of hydrogen-bond acceptors (Lipinski definition) is 4. The molecule has 3 heterocycles. The fourth-order valence-corrected chi connectivity index (χ4v) is 2.40. The van der Waals surface area contributed by atoms with Gasteiger partial charge in [-0.1, -0.05) is 0 Å². The summed E-state index contributed by atoms with van der Waals surface area (Å²) in [5.41, 5.74) is 2.46. The minimum absolute atomic E-state index is 0.282. The number of aromatic nitrogens is 2. The Hall–Kier alpha value is -2.73. The third-order valence-electron chi connectivity index (χ3n) is 2.76. The Balaban J connectivity index is 1.66. The van der Waals surface area contributed by atoms with E-state index in [0.29, 0.717) is 5.69 Å². The summed E-state index contributed by atoms with van der Waals surface area (Å²) in [5, 5.41) is 8.19. The highest BCUT2D eigenvalue weighted by Crippen LogP contribution is 2.18. The third kappa shape index (κ3) is 3.43. The van der Waals surface area contributed by atoms with Crippen LogP contribution in [0.2, 0.25) is 0 Å². The van der Waals surface area contributed by atoms with Crippen molar-refractivity contribution in [2.24, 2.45) is 0 Å². The molecule has 3 aromatic heterocycles. The van der Waals surface area contributed by atoms with Crippen LogP contribution in [-0.4, -0.2) is 16.0 Å². The highest BCUT2D eigenvalue weighted by atomic mass is 32.1. The van der Waals surface area contributed by atoms with Gasteiger partial charge in [0.05, 0.1) is 22.6 Å². The molecule has 0 fully saturated rings. The average Bonchev–Trinajstić information content (AvgIpc) is 3.02. The molecule has 3 rings (SSSR count). The fourth-order valence-electron chi connectivity index (χ4n) is 1.79. The van der Waals surface area contributed by atoms with Crippen LogP contribution in [0.15, 0.2) is 60.4 Å². The number of nitrogens with one attached hydrogen (secondary N) is 2. The molecule has 0 atom stereocenters. The third-order valence-corrected chi connectivity index (χ3v) is 3.54. The second kappa shape index (κ2) is 6.15. The molecule has 6 heteroatoms. The van der Waals surface area contributed by atoms with Gasteiger partial charge in [0.15, 0.2) is 0 Å². The van der Waals surface area contributed by atoms with Crippen LogP contribution in [0.25, 0.3) is 11.3 Å². The zero-order valence-electron chi connectivity index (χ0n) is 11.0. The zero-order chi connectivity index (χ0) is 14.5. The number of urea groups is 1. The van der Waals surface area contributed by atoms with E-state index in [1.807, 2.05) is 41.8 Å². The van der Waals surface area contributed by atoms with E-state index in [1.165, 1.54) is 11.3 Å². The summed E-state index contributed by atoms with van der Waals surface area (Å²) in [6.45, 7) is 0. The Morgan fingerprint density at radius 3 is 2.57 bits per heavy atom. The van der Waals surface area contributed by atoms with Crippen LogP contribution in [0, 0.1) is 0 Å². The first-order chi connectivity index (χ1) is 10.3. The second-order valence-corrected chi connectivity index (χ2v) is 5.17. The number of hydrogen-bond donors (Lipinski definition) is 2. The van der Waals surface area contributed by atoms with Crippen LogP contribution in [0.4, 0.5) is 15.5 Å². The van der Waals surface area contributed by atoms with E-state index in [-0.39, 0.29) is 6.03 Å². The van der Waals surface area contributed by atoms with Crippen molar-refractivity contribution < 1.29 is 4.79 Å². The molecule has 104 valence electrons. The van der Waals surface area contributed by atoms with E-state index in [1.54, 1.807) is 18.6 Å². The molecule has 0 unspecified atom stereocenters. The lowest BCUT2D eigenvalue weighted by molar-refractivity contribution is 0.262. The molecular weight excluding hydrogens is 284 g/mol. The lowest BCUT2D eigenvalue weighted by Crippen LogP contribution is -2.18. The predicted octanol–water partition coefficient (Wildman–Crippen LogP) is 3.85. The monoisotopic (exact) mass is 296 g/mol. The number of rotatable bonds is 3. The molecule has 0 aliphatic carbocycles. The van der Waals surface area contributed by atoms with Crippen LogP contribution in [-0.2, 0) is 0 Å². The van der Waals surface area contributed by atoms with Crippen molar-refractivity contribution in [3.63, 3.8) is 0 Å². The molecule has 0 aliphatic rings. The summed E-state index contributed by atoms with van der Waals surface area (Å²) in [5.74, 6) is 0. The number of thiophene rings is 1. The van der Waals surface area contributed by atoms with E-state index >= 15 is 0 Å². The van der Waals surface area contributed by atoms with E-state index in [0.717, 1.165) is 16.3 Å².